The van der Waals surface area contributed by atoms with Gasteiger partial charge in [-0.25, -0.2) is 0 Å². The highest BCUT2D eigenvalue weighted by atomic mass is 16.4. The summed E-state index contributed by atoms with van der Waals surface area (Å²) < 4.78 is 6.38. The molecule has 0 unspecified atom stereocenters. The van der Waals surface area contributed by atoms with Crippen molar-refractivity contribution in [1.82, 2.24) is 0 Å². The van der Waals surface area contributed by atoms with E-state index in [9.17, 15) is 40.9 Å². The van der Waals surface area contributed by atoms with E-state index in [4.69, 9.17) is 4.42 Å². The van der Waals surface area contributed by atoms with Crippen LogP contribution in [0.5, 0.6) is 46.0 Å². The third-order valence-corrected chi connectivity index (χ3v) is 11.2. The van der Waals surface area contributed by atoms with Crippen LogP contribution in [0.3, 0.4) is 0 Å². The van der Waals surface area contributed by atoms with Crippen molar-refractivity contribution >= 4 is 43.5 Å². The van der Waals surface area contributed by atoms with Gasteiger partial charge in [0, 0.05) is 16.3 Å². The third-order valence-electron chi connectivity index (χ3n) is 11.2. The minimum absolute atomic E-state index is 0.164. The molecule has 0 fully saturated rings. The second-order valence-corrected chi connectivity index (χ2v) is 14.4. The van der Waals surface area contributed by atoms with Gasteiger partial charge in [0.1, 0.15) is 28.4 Å². The van der Waals surface area contributed by atoms with E-state index in [1.54, 1.807) is 42.5 Å². The number of hydrogen-bond acceptors (Lipinski definition) is 9. The Morgan fingerprint density at radius 3 is 1.24 bits per heavy atom. The summed E-state index contributed by atoms with van der Waals surface area (Å²) in [7, 11) is 0. The molecule has 9 aromatic carbocycles. The summed E-state index contributed by atoms with van der Waals surface area (Å²) in [5, 5.41) is 92.9. The van der Waals surface area contributed by atoms with Crippen molar-refractivity contribution in [2.24, 2.45) is 0 Å². The first kappa shape index (κ1) is 35.1. The average molecular weight is 777 g/mol. The van der Waals surface area contributed by atoms with Crippen LogP contribution in [-0.4, -0.2) is 40.9 Å². The number of rotatable bonds is 5. The predicted octanol–water partition coefficient (Wildman–Crippen LogP) is 11.9. The highest BCUT2D eigenvalue weighted by Crippen LogP contribution is 2.59. The molecule has 0 aliphatic rings. The van der Waals surface area contributed by atoms with Crippen LogP contribution in [0.25, 0.3) is 99.1 Å². The largest absolute Gasteiger partial charge is 0.506 e. The highest BCUT2D eigenvalue weighted by molar-refractivity contribution is 6.27. The topological polar surface area (TPSA) is 175 Å². The van der Waals surface area contributed by atoms with Gasteiger partial charge in [0.25, 0.3) is 0 Å². The zero-order chi connectivity index (χ0) is 40.7. The maximum absolute atomic E-state index is 12.3. The molecule has 0 atom stereocenters. The fraction of sp³-hybridized carbons (Fsp3) is 0. The molecular formula is C50H32O9. The van der Waals surface area contributed by atoms with Crippen LogP contribution in [-0.2, 0) is 0 Å². The van der Waals surface area contributed by atoms with Crippen molar-refractivity contribution in [1.29, 1.82) is 0 Å². The van der Waals surface area contributed by atoms with Gasteiger partial charge in [0.05, 0.1) is 22.3 Å². The SMILES string of the molecule is Oc1c(O)c(O)c(-c2ccc3c(c2)oc2cccc(-c4c5ccccc5c(-c5c(O)c(-c6ccccc6)c(O)c(-c6ccccc6)c5O)c5ccccc45)c23)c(O)c1O. The van der Waals surface area contributed by atoms with Gasteiger partial charge in [-0.2, -0.15) is 0 Å². The molecule has 9 nitrogen and oxygen atoms in total. The third kappa shape index (κ3) is 5.11. The van der Waals surface area contributed by atoms with Crippen LogP contribution < -0.4 is 0 Å². The molecule has 0 bridgehead atoms. The molecule has 0 aliphatic carbocycles. The average Bonchev–Trinajstić information content (AvgIpc) is 3.64. The Labute approximate surface area is 335 Å². The summed E-state index contributed by atoms with van der Waals surface area (Å²) in [6.07, 6.45) is 0. The first-order chi connectivity index (χ1) is 28.7. The van der Waals surface area contributed by atoms with Gasteiger partial charge >= 0.3 is 0 Å². The number of fused-ring (bicyclic) bond motifs is 5. The zero-order valence-corrected chi connectivity index (χ0v) is 30.8. The van der Waals surface area contributed by atoms with Crippen LogP contribution in [0.1, 0.15) is 0 Å². The summed E-state index contributed by atoms with van der Waals surface area (Å²) in [6.45, 7) is 0. The van der Waals surface area contributed by atoms with E-state index in [-0.39, 0.29) is 45.1 Å². The first-order valence-electron chi connectivity index (χ1n) is 18.7. The van der Waals surface area contributed by atoms with Crippen molar-refractivity contribution in [2.45, 2.75) is 0 Å². The molecule has 59 heavy (non-hydrogen) atoms. The minimum Gasteiger partial charge on any atom is -0.506 e. The van der Waals surface area contributed by atoms with Crippen molar-refractivity contribution in [3.8, 4) is 102 Å². The molecule has 0 saturated carbocycles. The molecule has 0 spiro atoms. The van der Waals surface area contributed by atoms with E-state index < -0.39 is 28.7 Å². The maximum atomic E-state index is 12.3. The maximum Gasteiger partial charge on any atom is 0.208 e. The molecule has 0 radical (unpaired) electrons. The minimum atomic E-state index is -1.05. The molecule has 10 rings (SSSR count). The van der Waals surface area contributed by atoms with E-state index in [2.05, 4.69) is 0 Å². The van der Waals surface area contributed by atoms with Gasteiger partial charge in [-0.05, 0) is 67.6 Å². The van der Waals surface area contributed by atoms with Crippen molar-refractivity contribution in [3.05, 3.63) is 146 Å². The molecule has 1 aromatic heterocycles. The number of phenols is 8. The molecule has 8 N–H and O–H groups in total. The number of aromatic hydroxyl groups is 8. The lowest BCUT2D eigenvalue weighted by Crippen LogP contribution is -1.95. The Morgan fingerprint density at radius 1 is 0.271 bits per heavy atom. The van der Waals surface area contributed by atoms with Gasteiger partial charge in [-0.15, -0.1) is 0 Å². The van der Waals surface area contributed by atoms with E-state index in [0.717, 1.165) is 38.1 Å². The fourth-order valence-corrected chi connectivity index (χ4v) is 8.54. The summed E-state index contributed by atoms with van der Waals surface area (Å²) in [6, 6.07) is 44.3. The van der Waals surface area contributed by atoms with E-state index in [1.807, 2.05) is 103 Å². The van der Waals surface area contributed by atoms with Gasteiger partial charge in [0.15, 0.2) is 11.5 Å². The number of furan rings is 1. The normalized spacial score (nSPS) is 11.6. The van der Waals surface area contributed by atoms with Gasteiger partial charge in [-0.1, -0.05) is 127 Å². The molecule has 0 amide bonds. The summed E-state index contributed by atoms with van der Waals surface area (Å²) in [5.41, 5.74) is 4.72. The molecule has 9 heteroatoms. The molecule has 0 aliphatic heterocycles. The number of benzene rings is 9. The zero-order valence-electron chi connectivity index (χ0n) is 30.8. The Hall–Kier alpha value is -8.30. The van der Waals surface area contributed by atoms with Crippen LogP contribution >= 0.6 is 0 Å². The van der Waals surface area contributed by atoms with Gasteiger partial charge < -0.3 is 45.3 Å². The van der Waals surface area contributed by atoms with Crippen molar-refractivity contribution in [3.63, 3.8) is 0 Å². The van der Waals surface area contributed by atoms with Gasteiger partial charge in [0.2, 0.25) is 17.2 Å². The Balaban J connectivity index is 1.28. The van der Waals surface area contributed by atoms with Crippen LogP contribution in [0.2, 0.25) is 0 Å². The lowest BCUT2D eigenvalue weighted by Gasteiger charge is -2.23. The molecule has 286 valence electrons. The van der Waals surface area contributed by atoms with Crippen molar-refractivity contribution in [2.75, 3.05) is 0 Å². The quantitative estimate of drug-likeness (QED) is 0.0480. The van der Waals surface area contributed by atoms with Crippen molar-refractivity contribution < 1.29 is 45.3 Å². The fourth-order valence-electron chi connectivity index (χ4n) is 8.54. The standard InChI is InChI=1S/C50H32O9/c51-43-36(25-12-3-1-4-13-25)44(52)42(45(53)37(43)26-14-5-2-6-15-26)41-30-18-9-7-16-28(30)39(29-17-8-10-19-31(29)41)33-20-11-21-34-40(33)32-23-22-27(24-35(32)59-34)38-46(54)48(56)50(58)49(57)47(38)55/h1-24,51-58H. The molecule has 10 aromatic rings. The summed E-state index contributed by atoms with van der Waals surface area (Å²) in [5.74, 6) is -5.45. The van der Waals surface area contributed by atoms with Crippen LogP contribution in [0.4, 0.5) is 0 Å². The Morgan fingerprint density at radius 2 is 0.712 bits per heavy atom. The summed E-state index contributed by atoms with van der Waals surface area (Å²) >= 11 is 0. The first-order valence-corrected chi connectivity index (χ1v) is 18.7. The van der Waals surface area contributed by atoms with Crippen LogP contribution in [0.15, 0.2) is 150 Å². The summed E-state index contributed by atoms with van der Waals surface area (Å²) in [4.78, 5) is 0. The highest BCUT2D eigenvalue weighted by Gasteiger charge is 2.30. The smallest absolute Gasteiger partial charge is 0.208 e. The molecule has 0 saturated heterocycles. The second-order valence-electron chi connectivity index (χ2n) is 14.4. The number of hydrogen-bond donors (Lipinski definition) is 8. The Kier molecular flexibility index (Phi) is 7.83. The second kappa shape index (κ2) is 13.1. The lowest BCUT2D eigenvalue weighted by atomic mass is 9.82. The predicted molar refractivity (Wildman–Crippen MR) is 229 cm³/mol. The van der Waals surface area contributed by atoms with Crippen LogP contribution in [0, 0.1) is 0 Å². The van der Waals surface area contributed by atoms with Gasteiger partial charge in [-0.3, -0.25) is 0 Å². The lowest BCUT2D eigenvalue weighted by molar-refractivity contribution is 0.330. The van der Waals surface area contributed by atoms with E-state index in [0.29, 0.717) is 33.2 Å². The monoisotopic (exact) mass is 776 g/mol. The molecular weight excluding hydrogens is 745 g/mol. The Bertz CT molecular complexity index is 3200. The van der Waals surface area contributed by atoms with E-state index >= 15 is 0 Å². The molecule has 1 heterocycles. The number of phenolic OH excluding ortho intramolecular Hbond substituents is 8. The van der Waals surface area contributed by atoms with E-state index in [1.165, 1.54) is 0 Å².